The van der Waals surface area contributed by atoms with Gasteiger partial charge in [0.05, 0.1) is 11.4 Å². The molecule has 2 aromatic carbocycles. The van der Waals surface area contributed by atoms with Crippen molar-refractivity contribution in [3.05, 3.63) is 83.9 Å². The lowest BCUT2D eigenvalue weighted by Crippen LogP contribution is -2.12. The molecule has 28 heavy (non-hydrogen) atoms. The van der Waals surface area contributed by atoms with Crippen molar-refractivity contribution < 1.29 is 9.18 Å². The second-order valence-corrected chi connectivity index (χ2v) is 6.57. The molecule has 6 heteroatoms. The minimum Gasteiger partial charge on any atom is -0.386 e. The van der Waals surface area contributed by atoms with E-state index in [1.807, 2.05) is 48.0 Å². The van der Waals surface area contributed by atoms with Crippen LogP contribution in [0.15, 0.2) is 67.0 Å². The van der Waals surface area contributed by atoms with Gasteiger partial charge in [-0.25, -0.2) is 9.37 Å². The molecule has 0 radical (unpaired) electrons. The molecule has 0 unspecified atom stereocenters. The summed E-state index contributed by atoms with van der Waals surface area (Å²) in [7, 11) is 1.63. The highest BCUT2D eigenvalue weighted by Gasteiger charge is 2.10. The summed E-state index contributed by atoms with van der Waals surface area (Å²) in [5.74, 6) is -0.829. The third kappa shape index (κ3) is 3.44. The normalized spacial score (nSPS) is 10.8. The molecule has 2 aromatic heterocycles. The van der Waals surface area contributed by atoms with E-state index < -0.39 is 5.82 Å². The van der Waals surface area contributed by atoms with Crippen LogP contribution in [-0.2, 0) is 0 Å². The molecule has 0 spiro atoms. The number of nitrogens with one attached hydrogen (secondary N) is 2. The Hall–Kier alpha value is -3.67. The van der Waals surface area contributed by atoms with E-state index in [-0.39, 0.29) is 11.5 Å². The molecule has 0 fully saturated rings. The second-order valence-electron chi connectivity index (χ2n) is 6.57. The average Bonchev–Trinajstić information content (AvgIpc) is 3.11. The van der Waals surface area contributed by atoms with Crippen LogP contribution in [0.2, 0.25) is 0 Å². The first-order valence-corrected chi connectivity index (χ1v) is 8.88. The number of pyridine rings is 1. The van der Waals surface area contributed by atoms with Crippen molar-refractivity contribution in [2.24, 2.45) is 0 Å². The fourth-order valence-electron chi connectivity index (χ4n) is 3.03. The zero-order chi connectivity index (χ0) is 19.7. The fourth-order valence-corrected chi connectivity index (χ4v) is 3.03. The van der Waals surface area contributed by atoms with Crippen molar-refractivity contribution >= 4 is 22.9 Å². The van der Waals surface area contributed by atoms with Gasteiger partial charge in [0.25, 0.3) is 5.91 Å². The number of carbonyl (C=O) groups is 1. The maximum Gasteiger partial charge on any atom is 0.255 e. The Kier molecular flexibility index (Phi) is 4.53. The minimum atomic E-state index is -0.465. The van der Waals surface area contributed by atoms with Gasteiger partial charge < -0.3 is 15.0 Å². The summed E-state index contributed by atoms with van der Waals surface area (Å²) in [5, 5.41) is 5.52. The zero-order valence-corrected chi connectivity index (χ0v) is 15.5. The number of fused-ring (bicyclic) bond motifs is 1. The van der Waals surface area contributed by atoms with Gasteiger partial charge in [0.15, 0.2) is 0 Å². The van der Waals surface area contributed by atoms with Crippen molar-refractivity contribution in [3.63, 3.8) is 0 Å². The maximum atomic E-state index is 13.9. The highest BCUT2D eigenvalue weighted by molar-refractivity contribution is 6.04. The third-order valence-corrected chi connectivity index (χ3v) is 4.54. The number of hydrogen-bond acceptors (Lipinski definition) is 3. The predicted molar refractivity (Wildman–Crippen MR) is 109 cm³/mol. The summed E-state index contributed by atoms with van der Waals surface area (Å²) in [6.45, 7) is 2.04. The Labute approximate surface area is 161 Å². The number of aromatic nitrogens is 2. The number of anilines is 2. The molecular formula is C22H19FN4O. The molecular weight excluding hydrogens is 355 g/mol. The van der Waals surface area contributed by atoms with Gasteiger partial charge in [-0.15, -0.1) is 0 Å². The van der Waals surface area contributed by atoms with Crippen LogP contribution in [-0.4, -0.2) is 22.3 Å². The lowest BCUT2D eigenvalue weighted by molar-refractivity contribution is 0.102. The SMILES string of the molecule is CNc1ccc(C(=O)Nc2ccc(-c3cn4cc(C)ccc4n3)cc2)cc1F. The van der Waals surface area contributed by atoms with Crippen LogP contribution in [0.25, 0.3) is 16.9 Å². The van der Waals surface area contributed by atoms with Gasteiger partial charge in [0, 0.05) is 36.3 Å². The largest absolute Gasteiger partial charge is 0.386 e. The van der Waals surface area contributed by atoms with E-state index in [1.165, 1.54) is 6.07 Å². The van der Waals surface area contributed by atoms with Gasteiger partial charge in [0.1, 0.15) is 11.5 Å². The number of aryl methyl sites for hydroxylation is 1. The molecule has 0 aliphatic rings. The van der Waals surface area contributed by atoms with Crippen LogP contribution in [0.5, 0.6) is 0 Å². The molecule has 2 heterocycles. The average molecular weight is 374 g/mol. The summed E-state index contributed by atoms with van der Waals surface area (Å²) in [6.07, 6.45) is 4.00. The Balaban J connectivity index is 1.52. The Morgan fingerprint density at radius 2 is 1.82 bits per heavy atom. The monoisotopic (exact) mass is 374 g/mol. The molecule has 0 bridgehead atoms. The third-order valence-electron chi connectivity index (χ3n) is 4.54. The van der Waals surface area contributed by atoms with Crippen molar-refractivity contribution in [1.29, 1.82) is 0 Å². The van der Waals surface area contributed by atoms with Crippen LogP contribution >= 0.6 is 0 Å². The smallest absolute Gasteiger partial charge is 0.255 e. The van der Waals surface area contributed by atoms with Gasteiger partial charge in [-0.1, -0.05) is 18.2 Å². The summed E-state index contributed by atoms with van der Waals surface area (Å²) in [5.41, 5.74) is 5.09. The summed E-state index contributed by atoms with van der Waals surface area (Å²) >= 11 is 0. The van der Waals surface area contributed by atoms with E-state index in [1.54, 1.807) is 31.3 Å². The van der Waals surface area contributed by atoms with E-state index in [0.717, 1.165) is 22.5 Å². The van der Waals surface area contributed by atoms with Crippen molar-refractivity contribution in [2.45, 2.75) is 6.92 Å². The molecule has 0 aliphatic heterocycles. The van der Waals surface area contributed by atoms with Crippen LogP contribution in [0.4, 0.5) is 15.8 Å². The molecule has 2 N–H and O–H groups in total. The molecule has 0 saturated carbocycles. The molecule has 0 saturated heterocycles. The van der Waals surface area contributed by atoms with E-state index >= 15 is 0 Å². The van der Waals surface area contributed by atoms with E-state index in [9.17, 15) is 9.18 Å². The van der Waals surface area contributed by atoms with E-state index in [4.69, 9.17) is 0 Å². The number of imidazole rings is 1. The number of benzene rings is 2. The van der Waals surface area contributed by atoms with Crippen molar-refractivity contribution in [1.82, 2.24) is 9.38 Å². The van der Waals surface area contributed by atoms with E-state index in [0.29, 0.717) is 11.4 Å². The molecule has 5 nitrogen and oxygen atoms in total. The Morgan fingerprint density at radius 3 is 2.54 bits per heavy atom. The number of hydrogen-bond donors (Lipinski definition) is 2. The quantitative estimate of drug-likeness (QED) is 0.542. The molecule has 140 valence electrons. The number of nitrogens with zero attached hydrogens (tertiary/aromatic N) is 2. The maximum absolute atomic E-state index is 13.9. The Morgan fingerprint density at radius 1 is 1.04 bits per heavy atom. The predicted octanol–water partition coefficient (Wildman–Crippen LogP) is 4.74. The lowest BCUT2D eigenvalue weighted by atomic mass is 10.1. The molecule has 1 amide bonds. The van der Waals surface area contributed by atoms with Gasteiger partial charge >= 0.3 is 0 Å². The Bertz CT molecular complexity index is 1170. The van der Waals surface area contributed by atoms with Gasteiger partial charge in [-0.05, 0) is 48.9 Å². The van der Waals surface area contributed by atoms with Crippen molar-refractivity contribution in [3.8, 4) is 11.3 Å². The van der Waals surface area contributed by atoms with E-state index in [2.05, 4.69) is 15.6 Å². The summed E-state index contributed by atoms with van der Waals surface area (Å²) in [6, 6.07) is 15.7. The molecule has 4 rings (SSSR count). The van der Waals surface area contributed by atoms with Crippen LogP contribution < -0.4 is 10.6 Å². The van der Waals surface area contributed by atoms with Crippen LogP contribution in [0.3, 0.4) is 0 Å². The topological polar surface area (TPSA) is 58.4 Å². The van der Waals surface area contributed by atoms with Gasteiger partial charge in [-0.3, -0.25) is 4.79 Å². The molecule has 4 aromatic rings. The highest BCUT2D eigenvalue weighted by Crippen LogP contribution is 2.22. The lowest BCUT2D eigenvalue weighted by Gasteiger charge is -2.08. The highest BCUT2D eigenvalue weighted by atomic mass is 19.1. The molecule has 0 atom stereocenters. The first kappa shape index (κ1) is 17.7. The van der Waals surface area contributed by atoms with Gasteiger partial charge in [0.2, 0.25) is 0 Å². The number of rotatable bonds is 4. The van der Waals surface area contributed by atoms with Crippen LogP contribution in [0, 0.1) is 12.7 Å². The summed E-state index contributed by atoms with van der Waals surface area (Å²) in [4.78, 5) is 17.0. The standard InChI is InChI=1S/C22H19FN4O/c1-14-3-10-21-26-20(13-27(21)12-14)15-4-7-17(8-5-15)25-22(28)16-6-9-19(24-2)18(23)11-16/h3-13,24H,1-2H3,(H,25,28). The number of carbonyl (C=O) groups excluding carboxylic acids is 1. The van der Waals surface area contributed by atoms with Crippen molar-refractivity contribution in [2.75, 3.05) is 17.7 Å². The van der Waals surface area contributed by atoms with Gasteiger partial charge in [-0.2, -0.15) is 0 Å². The zero-order valence-electron chi connectivity index (χ0n) is 15.5. The summed E-state index contributed by atoms with van der Waals surface area (Å²) < 4.78 is 15.8. The first-order chi connectivity index (χ1) is 13.5. The molecule has 0 aliphatic carbocycles. The fraction of sp³-hybridized carbons (Fsp3) is 0.0909. The number of amides is 1. The van der Waals surface area contributed by atoms with Crippen LogP contribution in [0.1, 0.15) is 15.9 Å². The second kappa shape index (κ2) is 7.15. The first-order valence-electron chi connectivity index (χ1n) is 8.88. The minimum absolute atomic E-state index is 0.260. The number of halogens is 1.